The van der Waals surface area contributed by atoms with Gasteiger partial charge in [0.1, 0.15) is 0 Å². The summed E-state index contributed by atoms with van der Waals surface area (Å²) in [5.74, 6) is 1.07. The molecular formula is C16H33N3O. The SMILES string of the molecule is CC1CCN(C(C)CNC(=O)CCCCCCN)CC1. The van der Waals surface area contributed by atoms with Crippen molar-refractivity contribution in [2.75, 3.05) is 26.2 Å². The fourth-order valence-electron chi connectivity index (χ4n) is 2.73. The zero-order valence-electron chi connectivity index (χ0n) is 13.4. The number of likely N-dealkylation sites (tertiary alicyclic amines) is 1. The first kappa shape index (κ1) is 17.4. The van der Waals surface area contributed by atoms with E-state index in [1.807, 2.05) is 0 Å². The van der Waals surface area contributed by atoms with Gasteiger partial charge in [-0.2, -0.15) is 0 Å². The zero-order valence-corrected chi connectivity index (χ0v) is 13.4. The normalized spacial score (nSPS) is 18.9. The van der Waals surface area contributed by atoms with Gasteiger partial charge in [-0.15, -0.1) is 0 Å². The first-order valence-corrected chi connectivity index (χ1v) is 8.34. The lowest BCUT2D eigenvalue weighted by molar-refractivity contribution is -0.121. The molecule has 1 saturated heterocycles. The fourth-order valence-corrected chi connectivity index (χ4v) is 2.73. The Labute approximate surface area is 124 Å². The lowest BCUT2D eigenvalue weighted by Crippen LogP contribution is -2.45. The van der Waals surface area contributed by atoms with Crippen molar-refractivity contribution in [3.8, 4) is 0 Å². The second-order valence-electron chi connectivity index (χ2n) is 6.32. The second kappa shape index (κ2) is 10.2. The number of unbranched alkanes of at least 4 members (excludes halogenated alkanes) is 3. The third kappa shape index (κ3) is 7.25. The number of hydrogen-bond acceptors (Lipinski definition) is 3. The van der Waals surface area contributed by atoms with Crippen molar-refractivity contribution >= 4 is 5.91 Å². The van der Waals surface area contributed by atoms with Crippen molar-refractivity contribution in [3.63, 3.8) is 0 Å². The van der Waals surface area contributed by atoms with E-state index in [4.69, 9.17) is 5.73 Å². The molecule has 1 aliphatic rings. The van der Waals surface area contributed by atoms with Gasteiger partial charge in [-0.25, -0.2) is 0 Å². The van der Waals surface area contributed by atoms with Gasteiger partial charge in [0, 0.05) is 19.0 Å². The zero-order chi connectivity index (χ0) is 14.8. The van der Waals surface area contributed by atoms with E-state index in [9.17, 15) is 4.79 Å². The van der Waals surface area contributed by atoms with Gasteiger partial charge in [0.15, 0.2) is 0 Å². The monoisotopic (exact) mass is 283 g/mol. The lowest BCUT2D eigenvalue weighted by Gasteiger charge is -2.35. The average molecular weight is 283 g/mol. The lowest BCUT2D eigenvalue weighted by atomic mass is 9.98. The van der Waals surface area contributed by atoms with Gasteiger partial charge in [-0.1, -0.05) is 19.8 Å². The molecule has 3 N–H and O–H groups in total. The van der Waals surface area contributed by atoms with Crippen LogP contribution in [0.2, 0.25) is 0 Å². The second-order valence-corrected chi connectivity index (χ2v) is 6.32. The Kier molecular flexibility index (Phi) is 8.86. The molecule has 0 bridgehead atoms. The van der Waals surface area contributed by atoms with Crippen molar-refractivity contribution in [2.45, 2.75) is 64.8 Å². The number of nitrogens with one attached hydrogen (secondary N) is 1. The molecule has 1 fully saturated rings. The van der Waals surface area contributed by atoms with E-state index in [-0.39, 0.29) is 5.91 Å². The van der Waals surface area contributed by atoms with Gasteiger partial charge >= 0.3 is 0 Å². The molecule has 0 aromatic heterocycles. The molecular weight excluding hydrogens is 250 g/mol. The molecule has 4 nitrogen and oxygen atoms in total. The smallest absolute Gasteiger partial charge is 0.220 e. The summed E-state index contributed by atoms with van der Waals surface area (Å²) >= 11 is 0. The van der Waals surface area contributed by atoms with Crippen LogP contribution in [0.15, 0.2) is 0 Å². The van der Waals surface area contributed by atoms with Crippen LogP contribution in [0.4, 0.5) is 0 Å². The summed E-state index contributed by atoms with van der Waals surface area (Å²) in [6.07, 6.45) is 7.57. The molecule has 1 unspecified atom stereocenters. The van der Waals surface area contributed by atoms with E-state index < -0.39 is 0 Å². The van der Waals surface area contributed by atoms with Crippen LogP contribution in [-0.4, -0.2) is 43.0 Å². The minimum absolute atomic E-state index is 0.204. The molecule has 1 rings (SSSR count). The van der Waals surface area contributed by atoms with Crippen LogP contribution in [0.25, 0.3) is 0 Å². The highest BCUT2D eigenvalue weighted by Crippen LogP contribution is 2.17. The number of hydrogen-bond donors (Lipinski definition) is 2. The third-order valence-electron chi connectivity index (χ3n) is 4.39. The summed E-state index contributed by atoms with van der Waals surface area (Å²) in [4.78, 5) is 14.3. The topological polar surface area (TPSA) is 58.4 Å². The highest BCUT2D eigenvalue weighted by molar-refractivity contribution is 5.75. The summed E-state index contributed by atoms with van der Waals surface area (Å²) < 4.78 is 0. The summed E-state index contributed by atoms with van der Waals surface area (Å²) in [5.41, 5.74) is 5.45. The van der Waals surface area contributed by atoms with E-state index in [1.54, 1.807) is 0 Å². The fraction of sp³-hybridized carbons (Fsp3) is 0.938. The van der Waals surface area contributed by atoms with Crippen molar-refractivity contribution in [1.82, 2.24) is 10.2 Å². The predicted molar refractivity (Wildman–Crippen MR) is 84.6 cm³/mol. The minimum Gasteiger partial charge on any atom is -0.355 e. The van der Waals surface area contributed by atoms with Crippen LogP contribution < -0.4 is 11.1 Å². The van der Waals surface area contributed by atoms with Crippen molar-refractivity contribution in [3.05, 3.63) is 0 Å². The van der Waals surface area contributed by atoms with Crippen LogP contribution in [0.1, 0.15) is 58.8 Å². The van der Waals surface area contributed by atoms with Gasteiger partial charge in [-0.05, 0) is 58.2 Å². The van der Waals surface area contributed by atoms with Crippen LogP contribution in [0.5, 0.6) is 0 Å². The molecule has 0 radical (unpaired) electrons. The molecule has 1 aliphatic heterocycles. The first-order valence-electron chi connectivity index (χ1n) is 8.34. The first-order chi connectivity index (χ1) is 9.63. The van der Waals surface area contributed by atoms with Crippen LogP contribution in [0.3, 0.4) is 0 Å². The van der Waals surface area contributed by atoms with Gasteiger partial charge < -0.3 is 11.1 Å². The van der Waals surface area contributed by atoms with E-state index in [2.05, 4.69) is 24.1 Å². The molecule has 4 heteroatoms. The Morgan fingerprint density at radius 3 is 2.55 bits per heavy atom. The molecule has 118 valence electrons. The summed E-state index contributed by atoms with van der Waals surface area (Å²) in [6.45, 7) is 8.45. The van der Waals surface area contributed by atoms with Crippen LogP contribution in [0, 0.1) is 5.92 Å². The van der Waals surface area contributed by atoms with E-state index in [0.717, 1.165) is 44.7 Å². The molecule has 0 saturated carbocycles. The van der Waals surface area contributed by atoms with E-state index in [0.29, 0.717) is 12.5 Å². The van der Waals surface area contributed by atoms with Crippen molar-refractivity contribution < 1.29 is 4.79 Å². The van der Waals surface area contributed by atoms with Crippen LogP contribution >= 0.6 is 0 Å². The summed E-state index contributed by atoms with van der Waals surface area (Å²) in [5, 5.41) is 3.08. The Morgan fingerprint density at radius 1 is 1.25 bits per heavy atom. The molecule has 0 aliphatic carbocycles. The van der Waals surface area contributed by atoms with Gasteiger partial charge in [-0.3, -0.25) is 9.69 Å². The number of nitrogens with two attached hydrogens (primary N) is 1. The standard InChI is InChI=1S/C16H33N3O/c1-14-8-11-19(12-9-14)15(2)13-18-16(20)7-5-3-4-6-10-17/h14-15H,3-13,17H2,1-2H3,(H,18,20). The molecule has 0 spiro atoms. The predicted octanol–water partition coefficient (Wildman–Crippen LogP) is 2.13. The molecule has 1 heterocycles. The number of nitrogens with zero attached hydrogens (tertiary/aromatic N) is 1. The van der Waals surface area contributed by atoms with Crippen LogP contribution in [-0.2, 0) is 4.79 Å². The number of piperidine rings is 1. The Bertz CT molecular complexity index is 262. The maximum absolute atomic E-state index is 11.8. The van der Waals surface area contributed by atoms with Gasteiger partial charge in [0.05, 0.1) is 0 Å². The molecule has 1 atom stereocenters. The van der Waals surface area contributed by atoms with Gasteiger partial charge in [0.25, 0.3) is 0 Å². The third-order valence-corrected chi connectivity index (χ3v) is 4.39. The maximum Gasteiger partial charge on any atom is 0.220 e. The molecule has 0 aromatic rings. The van der Waals surface area contributed by atoms with E-state index >= 15 is 0 Å². The number of carbonyl (C=O) groups excluding carboxylic acids is 1. The van der Waals surface area contributed by atoms with Crippen molar-refractivity contribution in [2.24, 2.45) is 11.7 Å². The summed E-state index contributed by atoms with van der Waals surface area (Å²) in [6, 6.07) is 0.462. The number of rotatable bonds is 9. The number of amides is 1. The molecule has 1 amide bonds. The molecule has 0 aromatic carbocycles. The van der Waals surface area contributed by atoms with Crippen molar-refractivity contribution in [1.29, 1.82) is 0 Å². The highest BCUT2D eigenvalue weighted by atomic mass is 16.1. The minimum atomic E-state index is 0.204. The largest absolute Gasteiger partial charge is 0.355 e. The Balaban J connectivity index is 2.05. The Morgan fingerprint density at radius 2 is 1.90 bits per heavy atom. The molecule has 20 heavy (non-hydrogen) atoms. The van der Waals surface area contributed by atoms with E-state index in [1.165, 1.54) is 25.9 Å². The van der Waals surface area contributed by atoms with Gasteiger partial charge in [0.2, 0.25) is 5.91 Å². The highest BCUT2D eigenvalue weighted by Gasteiger charge is 2.20. The average Bonchev–Trinajstić information content (AvgIpc) is 2.45. The Hall–Kier alpha value is -0.610. The quantitative estimate of drug-likeness (QED) is 0.637. The maximum atomic E-state index is 11.8. The summed E-state index contributed by atoms with van der Waals surface area (Å²) in [7, 11) is 0. The number of carbonyl (C=O) groups is 1.